The van der Waals surface area contributed by atoms with Crippen LogP contribution in [0.4, 0.5) is 0 Å². The lowest BCUT2D eigenvalue weighted by Crippen LogP contribution is -3.00. The first-order valence-electron chi connectivity index (χ1n) is 6.58. The summed E-state index contributed by atoms with van der Waals surface area (Å²) in [6, 6.07) is 0. The Morgan fingerprint density at radius 3 is 1.56 bits per heavy atom. The van der Waals surface area contributed by atoms with Crippen LogP contribution in [0.1, 0.15) is 52.4 Å². The standard InChI is InChI=1S/C13H29BrN.BrH/c1-4-6-8-11-15(3,13-10-14)12-9-7-5-2;/h4-13H2,1-3H3;1H/q+1;/p-1. The molecule has 0 saturated carbocycles. The molecule has 0 bridgehead atoms. The summed E-state index contributed by atoms with van der Waals surface area (Å²) in [5, 5.41) is 1.14. The van der Waals surface area contributed by atoms with Crippen molar-refractivity contribution in [3.05, 3.63) is 0 Å². The summed E-state index contributed by atoms with van der Waals surface area (Å²) in [6.45, 7) is 8.58. The predicted octanol–water partition coefficient (Wildman–Crippen LogP) is 1.21. The van der Waals surface area contributed by atoms with Gasteiger partial charge >= 0.3 is 0 Å². The molecule has 100 valence electrons. The van der Waals surface area contributed by atoms with Gasteiger partial charge in [0.2, 0.25) is 0 Å². The minimum atomic E-state index is 0. The summed E-state index contributed by atoms with van der Waals surface area (Å²) >= 11 is 3.59. The van der Waals surface area contributed by atoms with Crippen LogP contribution in [0.15, 0.2) is 0 Å². The van der Waals surface area contributed by atoms with Crippen molar-refractivity contribution in [2.75, 3.05) is 32.0 Å². The van der Waals surface area contributed by atoms with E-state index in [1.807, 2.05) is 0 Å². The molecule has 0 spiro atoms. The van der Waals surface area contributed by atoms with Crippen LogP contribution in [0.25, 0.3) is 0 Å². The largest absolute Gasteiger partial charge is 1.00 e. The first kappa shape index (κ1) is 19.3. The van der Waals surface area contributed by atoms with Crippen LogP contribution >= 0.6 is 15.9 Å². The molecule has 0 heterocycles. The Kier molecular flexibility index (Phi) is 14.9. The second-order valence-electron chi connectivity index (χ2n) is 4.89. The molecule has 0 aliphatic heterocycles. The number of unbranched alkanes of at least 4 members (excludes halogenated alkanes) is 4. The van der Waals surface area contributed by atoms with Crippen molar-refractivity contribution in [2.24, 2.45) is 0 Å². The molecule has 0 aromatic carbocycles. The third-order valence-electron chi connectivity index (χ3n) is 3.23. The first-order chi connectivity index (χ1) is 7.18. The van der Waals surface area contributed by atoms with Crippen LogP contribution in [-0.4, -0.2) is 36.5 Å². The zero-order chi connectivity index (χ0) is 11.6. The van der Waals surface area contributed by atoms with Gasteiger partial charge in [0.1, 0.15) is 0 Å². The van der Waals surface area contributed by atoms with E-state index in [-0.39, 0.29) is 17.0 Å². The third-order valence-corrected chi connectivity index (χ3v) is 3.58. The Hall–Kier alpha value is 0.920. The van der Waals surface area contributed by atoms with Gasteiger partial charge in [0.25, 0.3) is 0 Å². The SMILES string of the molecule is CCCCC[N+](C)(CCBr)CCCCC.[Br-]. The quantitative estimate of drug-likeness (QED) is 0.313. The number of halogens is 2. The fraction of sp³-hybridized carbons (Fsp3) is 1.00. The van der Waals surface area contributed by atoms with Crippen molar-refractivity contribution in [2.45, 2.75) is 52.4 Å². The first-order valence-corrected chi connectivity index (χ1v) is 7.70. The van der Waals surface area contributed by atoms with Crippen molar-refractivity contribution in [3.8, 4) is 0 Å². The van der Waals surface area contributed by atoms with Gasteiger partial charge in [-0.05, 0) is 25.7 Å². The lowest BCUT2D eigenvalue weighted by Gasteiger charge is -2.34. The van der Waals surface area contributed by atoms with Crippen molar-refractivity contribution in [1.29, 1.82) is 0 Å². The average Bonchev–Trinajstić information content (AvgIpc) is 2.19. The van der Waals surface area contributed by atoms with Crippen molar-refractivity contribution >= 4 is 15.9 Å². The Bertz CT molecular complexity index is 130. The molecule has 0 radical (unpaired) electrons. The topological polar surface area (TPSA) is 0 Å². The fourth-order valence-corrected chi connectivity index (χ4v) is 2.88. The minimum absolute atomic E-state index is 0. The van der Waals surface area contributed by atoms with Crippen LogP contribution in [0, 0.1) is 0 Å². The van der Waals surface area contributed by atoms with Gasteiger partial charge in [-0.2, -0.15) is 0 Å². The normalized spacial score (nSPS) is 11.2. The van der Waals surface area contributed by atoms with Gasteiger partial charge in [0.15, 0.2) is 0 Å². The van der Waals surface area contributed by atoms with Gasteiger partial charge in [0, 0.05) is 0 Å². The van der Waals surface area contributed by atoms with Gasteiger partial charge < -0.3 is 21.5 Å². The molecule has 0 fully saturated rings. The summed E-state index contributed by atoms with van der Waals surface area (Å²) in [6.07, 6.45) is 8.25. The van der Waals surface area contributed by atoms with Crippen molar-refractivity contribution in [1.82, 2.24) is 0 Å². The predicted molar refractivity (Wildman–Crippen MR) is 73.6 cm³/mol. The second-order valence-corrected chi connectivity index (χ2v) is 5.69. The van der Waals surface area contributed by atoms with Crippen LogP contribution in [0.5, 0.6) is 0 Å². The smallest absolute Gasteiger partial charge is 0.0883 e. The van der Waals surface area contributed by atoms with Crippen LogP contribution in [-0.2, 0) is 0 Å². The van der Waals surface area contributed by atoms with Gasteiger partial charge in [-0.3, -0.25) is 0 Å². The molecular formula is C13H29Br2N. The molecule has 0 aromatic heterocycles. The molecule has 0 atom stereocenters. The highest BCUT2D eigenvalue weighted by atomic mass is 79.9. The lowest BCUT2D eigenvalue weighted by atomic mass is 10.2. The number of nitrogens with zero attached hydrogens (tertiary/aromatic N) is 1. The van der Waals surface area contributed by atoms with E-state index >= 15 is 0 Å². The zero-order valence-corrected chi connectivity index (χ0v) is 14.4. The van der Waals surface area contributed by atoms with Gasteiger partial charge in [-0.25, -0.2) is 0 Å². The van der Waals surface area contributed by atoms with E-state index in [1.54, 1.807) is 0 Å². The maximum Gasteiger partial charge on any atom is 0.0883 e. The summed E-state index contributed by atoms with van der Waals surface area (Å²) in [5.74, 6) is 0. The van der Waals surface area contributed by atoms with Crippen LogP contribution < -0.4 is 17.0 Å². The molecule has 0 rings (SSSR count). The van der Waals surface area contributed by atoms with Gasteiger partial charge in [-0.1, -0.05) is 42.6 Å². The Balaban J connectivity index is 0. The van der Waals surface area contributed by atoms with Crippen LogP contribution in [0.3, 0.4) is 0 Å². The van der Waals surface area contributed by atoms with E-state index in [4.69, 9.17) is 0 Å². The highest BCUT2D eigenvalue weighted by molar-refractivity contribution is 9.09. The van der Waals surface area contributed by atoms with E-state index in [1.165, 1.54) is 62.6 Å². The second kappa shape index (κ2) is 12.4. The number of hydrogen-bond acceptors (Lipinski definition) is 0. The van der Waals surface area contributed by atoms with E-state index < -0.39 is 0 Å². The molecule has 3 heteroatoms. The maximum absolute atomic E-state index is 3.59. The molecule has 0 unspecified atom stereocenters. The monoisotopic (exact) mass is 357 g/mol. The minimum Gasteiger partial charge on any atom is -1.00 e. The molecule has 1 nitrogen and oxygen atoms in total. The maximum atomic E-state index is 3.59. The van der Waals surface area contributed by atoms with Gasteiger partial charge in [-0.15, -0.1) is 0 Å². The van der Waals surface area contributed by atoms with E-state index in [9.17, 15) is 0 Å². The fourth-order valence-electron chi connectivity index (χ4n) is 2.03. The number of alkyl halides is 1. The summed E-state index contributed by atoms with van der Waals surface area (Å²) in [5.41, 5.74) is 0. The average molecular weight is 359 g/mol. The Morgan fingerprint density at radius 1 is 0.812 bits per heavy atom. The van der Waals surface area contributed by atoms with Crippen molar-refractivity contribution in [3.63, 3.8) is 0 Å². The summed E-state index contributed by atoms with van der Waals surface area (Å²) < 4.78 is 1.27. The molecule has 0 N–H and O–H groups in total. The number of rotatable bonds is 10. The molecule has 0 aromatic rings. The zero-order valence-electron chi connectivity index (χ0n) is 11.3. The molecular weight excluding hydrogens is 330 g/mol. The highest BCUT2D eigenvalue weighted by Gasteiger charge is 2.19. The van der Waals surface area contributed by atoms with E-state index in [2.05, 4.69) is 36.8 Å². The Morgan fingerprint density at radius 2 is 1.25 bits per heavy atom. The molecule has 0 aliphatic carbocycles. The Labute approximate surface area is 121 Å². The summed E-state index contributed by atoms with van der Waals surface area (Å²) in [4.78, 5) is 0. The molecule has 16 heavy (non-hydrogen) atoms. The van der Waals surface area contributed by atoms with Crippen LogP contribution in [0.2, 0.25) is 0 Å². The van der Waals surface area contributed by atoms with Crippen molar-refractivity contribution < 1.29 is 21.5 Å². The highest BCUT2D eigenvalue weighted by Crippen LogP contribution is 2.11. The molecule has 0 aliphatic rings. The summed E-state index contributed by atoms with van der Waals surface area (Å²) in [7, 11) is 2.42. The number of quaternary nitrogens is 1. The van der Waals surface area contributed by atoms with E-state index in [0.717, 1.165) is 5.33 Å². The third kappa shape index (κ3) is 10.1. The van der Waals surface area contributed by atoms with E-state index in [0.29, 0.717) is 0 Å². The molecule has 0 saturated heterocycles. The number of hydrogen-bond donors (Lipinski definition) is 0. The lowest BCUT2D eigenvalue weighted by molar-refractivity contribution is -0.907. The molecule has 0 amide bonds. The van der Waals surface area contributed by atoms with Gasteiger partial charge in [0.05, 0.1) is 32.0 Å².